The first-order chi connectivity index (χ1) is 6.36. The van der Waals surface area contributed by atoms with E-state index in [1.807, 2.05) is 18.2 Å². The number of thiocarbonyl (C=S) groups is 1. The molecule has 0 bridgehead atoms. The van der Waals surface area contributed by atoms with E-state index in [9.17, 15) is 4.79 Å². The second-order valence-corrected chi connectivity index (χ2v) is 3.26. The van der Waals surface area contributed by atoms with Crippen molar-refractivity contribution in [3.05, 3.63) is 35.9 Å². The van der Waals surface area contributed by atoms with Crippen LogP contribution in [-0.4, -0.2) is 11.7 Å². The van der Waals surface area contributed by atoms with Crippen LogP contribution >= 0.6 is 12.2 Å². The van der Waals surface area contributed by atoms with Crippen LogP contribution in [0, 0.1) is 5.92 Å². The highest BCUT2D eigenvalue weighted by molar-refractivity contribution is 7.79. The number of hydrogen-bond acceptors (Lipinski definition) is 2. The predicted octanol–water partition coefficient (Wildman–Crippen LogP) is 2.43. The van der Waals surface area contributed by atoms with E-state index in [1.165, 1.54) is 5.56 Å². The maximum Gasteiger partial charge on any atom is 0.120 e. The number of hydrogen-bond donors (Lipinski definition) is 0. The Balaban J connectivity index is 2.56. The number of aldehydes is 1. The monoisotopic (exact) mass is 192 g/mol. The van der Waals surface area contributed by atoms with Crippen LogP contribution in [0.1, 0.15) is 12.0 Å². The van der Waals surface area contributed by atoms with Gasteiger partial charge in [0.15, 0.2) is 0 Å². The second-order valence-electron chi connectivity index (χ2n) is 2.99. The van der Waals surface area contributed by atoms with Gasteiger partial charge in [0.1, 0.15) is 6.29 Å². The summed E-state index contributed by atoms with van der Waals surface area (Å²) in [7, 11) is 0. The van der Waals surface area contributed by atoms with Crippen LogP contribution < -0.4 is 0 Å². The summed E-state index contributed by atoms with van der Waals surface area (Å²) in [5.41, 5.74) is 1.23. The molecule has 1 nitrogen and oxygen atoms in total. The van der Waals surface area contributed by atoms with Crippen LogP contribution in [0.2, 0.25) is 0 Å². The molecule has 1 aromatic carbocycles. The maximum atomic E-state index is 10.3. The first-order valence-electron chi connectivity index (χ1n) is 4.29. The molecule has 0 spiro atoms. The average Bonchev–Trinajstić information content (AvgIpc) is 2.19. The van der Waals surface area contributed by atoms with Crippen molar-refractivity contribution in [1.82, 2.24) is 0 Å². The summed E-state index contributed by atoms with van der Waals surface area (Å²) in [4.78, 5) is 10.3. The normalized spacial score (nSPS) is 12.0. The van der Waals surface area contributed by atoms with Crippen molar-refractivity contribution in [2.75, 3.05) is 0 Å². The van der Waals surface area contributed by atoms with E-state index >= 15 is 0 Å². The van der Waals surface area contributed by atoms with Gasteiger partial charge in [-0.1, -0.05) is 42.5 Å². The Morgan fingerprint density at radius 2 is 2.00 bits per heavy atom. The minimum atomic E-state index is 0.204. The molecule has 0 saturated carbocycles. The minimum Gasteiger partial charge on any atom is -0.303 e. The molecule has 1 aromatic rings. The van der Waals surface area contributed by atoms with Gasteiger partial charge in [0, 0.05) is 6.42 Å². The zero-order valence-electron chi connectivity index (χ0n) is 7.35. The lowest BCUT2D eigenvalue weighted by Gasteiger charge is -2.06. The molecular weight excluding hydrogens is 180 g/mol. The number of benzene rings is 1. The van der Waals surface area contributed by atoms with Gasteiger partial charge in [-0.3, -0.25) is 0 Å². The summed E-state index contributed by atoms with van der Waals surface area (Å²) in [5.74, 6) is 0.204. The Bertz CT molecular complexity index is 269. The predicted molar refractivity (Wildman–Crippen MR) is 58.0 cm³/mol. The molecule has 2 heteroatoms. The Hall–Kier alpha value is -1.02. The van der Waals surface area contributed by atoms with E-state index in [0.717, 1.165) is 12.7 Å². The Morgan fingerprint density at radius 1 is 1.31 bits per heavy atom. The summed E-state index contributed by atoms with van der Waals surface area (Å²) in [5, 5.41) is 1.68. The van der Waals surface area contributed by atoms with E-state index in [-0.39, 0.29) is 5.92 Å². The third kappa shape index (κ3) is 3.47. The van der Waals surface area contributed by atoms with Gasteiger partial charge < -0.3 is 4.79 Å². The molecule has 0 aliphatic rings. The molecule has 1 unspecified atom stereocenters. The largest absolute Gasteiger partial charge is 0.303 e. The van der Waals surface area contributed by atoms with Crippen LogP contribution in [0.15, 0.2) is 30.3 Å². The molecule has 0 aromatic heterocycles. The fourth-order valence-electron chi connectivity index (χ4n) is 1.23. The van der Waals surface area contributed by atoms with Gasteiger partial charge in [-0.05, 0) is 23.3 Å². The first kappa shape index (κ1) is 10.1. The Kier molecular flexibility index (Phi) is 4.33. The maximum absolute atomic E-state index is 10.3. The van der Waals surface area contributed by atoms with Crippen LogP contribution in [0.3, 0.4) is 0 Å². The summed E-state index contributed by atoms with van der Waals surface area (Å²) in [6.45, 7) is 0. The lowest BCUT2D eigenvalue weighted by molar-refractivity contribution is -0.108. The molecule has 0 aliphatic carbocycles. The third-order valence-electron chi connectivity index (χ3n) is 1.93. The van der Waals surface area contributed by atoms with Crippen LogP contribution in [0.5, 0.6) is 0 Å². The van der Waals surface area contributed by atoms with Crippen molar-refractivity contribution in [3.63, 3.8) is 0 Å². The van der Waals surface area contributed by atoms with E-state index in [2.05, 4.69) is 12.1 Å². The molecule has 0 radical (unpaired) electrons. The minimum absolute atomic E-state index is 0.204. The van der Waals surface area contributed by atoms with Crippen LogP contribution in [0.4, 0.5) is 0 Å². The summed E-state index contributed by atoms with van der Waals surface area (Å²) < 4.78 is 0. The van der Waals surface area contributed by atoms with Crippen molar-refractivity contribution >= 4 is 23.9 Å². The molecule has 0 N–H and O–H groups in total. The van der Waals surface area contributed by atoms with Gasteiger partial charge in [-0.15, -0.1) is 0 Å². The van der Waals surface area contributed by atoms with Crippen LogP contribution in [-0.2, 0) is 11.2 Å². The summed E-state index contributed by atoms with van der Waals surface area (Å²) in [6.07, 6.45) is 2.32. The molecule has 1 rings (SSSR count). The zero-order valence-corrected chi connectivity index (χ0v) is 8.17. The fraction of sp³-hybridized carbons (Fsp3) is 0.273. The molecule has 0 heterocycles. The lowest BCUT2D eigenvalue weighted by Crippen LogP contribution is -2.05. The smallest absolute Gasteiger partial charge is 0.120 e. The van der Waals surface area contributed by atoms with E-state index in [0.29, 0.717) is 6.42 Å². The standard InChI is InChI=1S/C11H12OS/c12-7-6-11(9-13)8-10-4-2-1-3-5-10/h1-5,7,9,11H,6,8H2. The zero-order chi connectivity index (χ0) is 9.52. The van der Waals surface area contributed by atoms with Gasteiger partial charge in [0.2, 0.25) is 0 Å². The van der Waals surface area contributed by atoms with Gasteiger partial charge >= 0.3 is 0 Å². The lowest BCUT2D eigenvalue weighted by atomic mass is 9.99. The molecule has 0 aliphatic heterocycles. The molecule has 0 amide bonds. The fourth-order valence-corrected chi connectivity index (χ4v) is 1.43. The molecular formula is C11H12OS. The Morgan fingerprint density at radius 3 is 2.54 bits per heavy atom. The van der Waals surface area contributed by atoms with Crippen molar-refractivity contribution in [3.8, 4) is 0 Å². The highest BCUT2D eigenvalue weighted by atomic mass is 32.1. The van der Waals surface area contributed by atoms with Gasteiger partial charge in [-0.25, -0.2) is 0 Å². The quantitative estimate of drug-likeness (QED) is 0.526. The average molecular weight is 192 g/mol. The molecule has 1 atom stereocenters. The van der Waals surface area contributed by atoms with E-state index < -0.39 is 0 Å². The second kappa shape index (κ2) is 5.60. The topological polar surface area (TPSA) is 17.1 Å². The van der Waals surface area contributed by atoms with Crippen molar-refractivity contribution in [1.29, 1.82) is 0 Å². The third-order valence-corrected chi connectivity index (χ3v) is 2.32. The molecule has 0 fully saturated rings. The van der Waals surface area contributed by atoms with Crippen LogP contribution in [0.25, 0.3) is 0 Å². The summed E-state index contributed by atoms with van der Waals surface area (Å²) in [6, 6.07) is 10.1. The molecule has 13 heavy (non-hydrogen) atoms. The number of rotatable bonds is 5. The molecule has 68 valence electrons. The summed E-state index contributed by atoms with van der Waals surface area (Å²) >= 11 is 4.85. The van der Waals surface area contributed by atoms with E-state index in [1.54, 1.807) is 5.37 Å². The van der Waals surface area contributed by atoms with Gasteiger partial charge in [-0.2, -0.15) is 0 Å². The van der Waals surface area contributed by atoms with Crippen molar-refractivity contribution in [2.45, 2.75) is 12.8 Å². The number of carbonyl (C=O) groups excluding carboxylic acids is 1. The number of carbonyl (C=O) groups is 1. The Labute approximate surface area is 83.8 Å². The van der Waals surface area contributed by atoms with Crippen molar-refractivity contribution < 1.29 is 4.79 Å². The highest BCUT2D eigenvalue weighted by Crippen LogP contribution is 2.09. The van der Waals surface area contributed by atoms with E-state index in [4.69, 9.17) is 12.2 Å². The molecule has 0 saturated heterocycles. The van der Waals surface area contributed by atoms with Crippen molar-refractivity contribution in [2.24, 2.45) is 5.92 Å². The van der Waals surface area contributed by atoms with Gasteiger partial charge in [0.25, 0.3) is 0 Å². The first-order valence-corrected chi connectivity index (χ1v) is 4.77. The SMILES string of the molecule is O=CCC(C=S)Cc1ccccc1. The highest BCUT2D eigenvalue weighted by Gasteiger charge is 2.04. The van der Waals surface area contributed by atoms with Gasteiger partial charge in [0.05, 0.1) is 0 Å².